The van der Waals surface area contributed by atoms with Crippen LogP contribution in [0.1, 0.15) is 23.8 Å². The zero-order chi connectivity index (χ0) is 12.1. The van der Waals surface area contributed by atoms with Crippen molar-refractivity contribution in [1.82, 2.24) is 10.3 Å². The van der Waals surface area contributed by atoms with E-state index in [1.165, 1.54) is 6.07 Å². The van der Waals surface area contributed by atoms with Gasteiger partial charge in [0, 0.05) is 0 Å². The maximum atomic E-state index is 11.6. The third-order valence-electron chi connectivity index (χ3n) is 1.96. The minimum Gasteiger partial charge on any atom is -0.480 e. The van der Waals surface area contributed by atoms with Gasteiger partial charge in [0.2, 0.25) is 0 Å². The van der Waals surface area contributed by atoms with Gasteiger partial charge < -0.3 is 10.4 Å². The third-order valence-corrected chi connectivity index (χ3v) is 2.40. The Bertz CT molecular complexity index is 409. The monoisotopic (exact) mass is 286 g/mol. The lowest BCUT2D eigenvalue weighted by Crippen LogP contribution is -2.40. The molecule has 0 bridgehead atoms. The highest BCUT2D eigenvalue weighted by Crippen LogP contribution is 2.06. The summed E-state index contributed by atoms with van der Waals surface area (Å²) in [6.07, 6.45) is 0.328. The van der Waals surface area contributed by atoms with Crippen molar-refractivity contribution in [3.63, 3.8) is 0 Å². The van der Waals surface area contributed by atoms with E-state index in [0.717, 1.165) is 0 Å². The molecule has 5 nitrogen and oxygen atoms in total. The Balaban J connectivity index is 2.75. The minimum atomic E-state index is -1.05. The average molecular weight is 287 g/mol. The molecule has 0 aliphatic heterocycles. The SMILES string of the molecule is CCC(NC(=O)c1cccc(Br)n1)C(=O)O. The number of aromatic nitrogens is 1. The fraction of sp³-hybridized carbons (Fsp3) is 0.300. The number of carbonyl (C=O) groups is 2. The lowest BCUT2D eigenvalue weighted by Gasteiger charge is -2.11. The van der Waals surface area contributed by atoms with Gasteiger partial charge in [-0.2, -0.15) is 0 Å². The van der Waals surface area contributed by atoms with Crippen molar-refractivity contribution < 1.29 is 14.7 Å². The zero-order valence-corrected chi connectivity index (χ0v) is 10.2. The number of pyridine rings is 1. The molecule has 0 aliphatic carbocycles. The second-order valence-electron chi connectivity index (χ2n) is 3.12. The van der Waals surface area contributed by atoms with E-state index in [1.807, 2.05) is 0 Å². The van der Waals surface area contributed by atoms with E-state index in [9.17, 15) is 9.59 Å². The molecule has 16 heavy (non-hydrogen) atoms. The van der Waals surface area contributed by atoms with Crippen molar-refractivity contribution in [1.29, 1.82) is 0 Å². The normalized spacial score (nSPS) is 11.9. The lowest BCUT2D eigenvalue weighted by molar-refractivity contribution is -0.139. The molecular weight excluding hydrogens is 276 g/mol. The fourth-order valence-electron chi connectivity index (χ4n) is 1.11. The Labute approximate surface area is 101 Å². The summed E-state index contributed by atoms with van der Waals surface area (Å²) in [5, 5.41) is 11.2. The van der Waals surface area contributed by atoms with Crippen molar-refractivity contribution >= 4 is 27.8 Å². The summed E-state index contributed by atoms with van der Waals surface area (Å²) in [6, 6.07) is 3.99. The van der Waals surface area contributed by atoms with E-state index in [1.54, 1.807) is 19.1 Å². The van der Waals surface area contributed by atoms with Gasteiger partial charge in [0.25, 0.3) is 5.91 Å². The highest BCUT2D eigenvalue weighted by atomic mass is 79.9. The lowest BCUT2D eigenvalue weighted by atomic mass is 10.2. The van der Waals surface area contributed by atoms with Crippen molar-refractivity contribution in [2.45, 2.75) is 19.4 Å². The van der Waals surface area contributed by atoms with Gasteiger partial charge in [0.05, 0.1) is 0 Å². The van der Waals surface area contributed by atoms with E-state index in [2.05, 4.69) is 26.2 Å². The smallest absolute Gasteiger partial charge is 0.326 e. The Morgan fingerprint density at radius 3 is 2.75 bits per heavy atom. The van der Waals surface area contributed by atoms with Crippen molar-refractivity contribution in [3.8, 4) is 0 Å². The minimum absolute atomic E-state index is 0.189. The number of halogens is 1. The number of amides is 1. The number of carboxylic acid groups (broad SMARTS) is 1. The van der Waals surface area contributed by atoms with Gasteiger partial charge in [-0.3, -0.25) is 4.79 Å². The second kappa shape index (κ2) is 5.60. The van der Waals surface area contributed by atoms with E-state index in [4.69, 9.17) is 5.11 Å². The van der Waals surface area contributed by atoms with Gasteiger partial charge in [0.1, 0.15) is 16.3 Å². The zero-order valence-electron chi connectivity index (χ0n) is 8.61. The summed E-state index contributed by atoms with van der Waals surface area (Å²) in [6.45, 7) is 1.69. The third kappa shape index (κ3) is 3.30. The molecule has 2 N–H and O–H groups in total. The van der Waals surface area contributed by atoms with Crippen LogP contribution in [0.3, 0.4) is 0 Å². The van der Waals surface area contributed by atoms with Crippen LogP contribution in [0.15, 0.2) is 22.8 Å². The van der Waals surface area contributed by atoms with E-state index < -0.39 is 17.9 Å². The number of rotatable bonds is 4. The fourth-order valence-corrected chi connectivity index (χ4v) is 1.45. The Morgan fingerprint density at radius 1 is 1.56 bits per heavy atom. The second-order valence-corrected chi connectivity index (χ2v) is 3.93. The van der Waals surface area contributed by atoms with Crippen LogP contribution in [-0.4, -0.2) is 28.0 Å². The van der Waals surface area contributed by atoms with Crippen molar-refractivity contribution in [3.05, 3.63) is 28.5 Å². The molecule has 0 aliphatic rings. The number of aliphatic carboxylic acids is 1. The Morgan fingerprint density at radius 2 is 2.25 bits per heavy atom. The largest absolute Gasteiger partial charge is 0.480 e. The van der Waals surface area contributed by atoms with Gasteiger partial charge >= 0.3 is 5.97 Å². The predicted molar refractivity (Wildman–Crippen MR) is 61.1 cm³/mol. The molecule has 0 saturated carbocycles. The molecule has 0 fully saturated rings. The van der Waals surface area contributed by atoms with Crippen LogP contribution >= 0.6 is 15.9 Å². The molecule has 6 heteroatoms. The van der Waals surface area contributed by atoms with Gasteiger partial charge in [0.15, 0.2) is 0 Å². The maximum Gasteiger partial charge on any atom is 0.326 e. The molecule has 1 atom stereocenters. The quantitative estimate of drug-likeness (QED) is 0.821. The molecule has 0 spiro atoms. The first-order chi connectivity index (χ1) is 7.54. The Hall–Kier alpha value is -1.43. The van der Waals surface area contributed by atoms with Crippen LogP contribution < -0.4 is 5.32 Å². The molecule has 86 valence electrons. The number of hydrogen-bond donors (Lipinski definition) is 2. The van der Waals surface area contributed by atoms with Crippen LogP contribution in [0.25, 0.3) is 0 Å². The summed E-state index contributed by atoms with van der Waals surface area (Å²) < 4.78 is 0.531. The average Bonchev–Trinajstić information content (AvgIpc) is 2.25. The summed E-state index contributed by atoms with van der Waals surface area (Å²) in [5.41, 5.74) is 0.189. The molecule has 1 aromatic heterocycles. The molecular formula is C10H11BrN2O3. The first-order valence-electron chi connectivity index (χ1n) is 4.70. The van der Waals surface area contributed by atoms with Crippen LogP contribution in [0.4, 0.5) is 0 Å². The molecule has 1 heterocycles. The van der Waals surface area contributed by atoms with Gasteiger partial charge in [-0.05, 0) is 34.5 Å². The van der Waals surface area contributed by atoms with E-state index in [0.29, 0.717) is 11.0 Å². The molecule has 0 saturated heterocycles. The number of nitrogens with one attached hydrogen (secondary N) is 1. The summed E-state index contributed by atoms with van der Waals surface area (Å²) in [4.78, 5) is 26.3. The number of carboxylic acids is 1. The van der Waals surface area contributed by atoms with Crippen molar-refractivity contribution in [2.24, 2.45) is 0 Å². The van der Waals surface area contributed by atoms with Crippen LogP contribution in [-0.2, 0) is 4.79 Å². The van der Waals surface area contributed by atoms with Crippen LogP contribution in [0, 0.1) is 0 Å². The van der Waals surface area contributed by atoms with Crippen LogP contribution in [0.2, 0.25) is 0 Å². The first kappa shape index (κ1) is 12.6. The van der Waals surface area contributed by atoms with E-state index >= 15 is 0 Å². The molecule has 1 aromatic rings. The highest BCUT2D eigenvalue weighted by Gasteiger charge is 2.18. The predicted octanol–water partition coefficient (Wildman–Crippen LogP) is 1.44. The van der Waals surface area contributed by atoms with Gasteiger partial charge in [-0.15, -0.1) is 0 Å². The summed E-state index contributed by atoms with van der Waals surface area (Å²) in [5.74, 6) is -1.54. The molecule has 0 aromatic carbocycles. The maximum absolute atomic E-state index is 11.6. The van der Waals surface area contributed by atoms with Gasteiger partial charge in [-0.1, -0.05) is 13.0 Å². The molecule has 0 radical (unpaired) electrons. The number of nitrogens with zero attached hydrogens (tertiary/aromatic N) is 1. The first-order valence-corrected chi connectivity index (χ1v) is 5.50. The molecule has 1 amide bonds. The number of hydrogen-bond acceptors (Lipinski definition) is 3. The summed E-state index contributed by atoms with van der Waals surface area (Å²) >= 11 is 3.14. The Kier molecular flexibility index (Phi) is 4.42. The molecule has 1 unspecified atom stereocenters. The topological polar surface area (TPSA) is 79.3 Å². The van der Waals surface area contributed by atoms with E-state index in [-0.39, 0.29) is 5.69 Å². The molecule has 1 rings (SSSR count). The van der Waals surface area contributed by atoms with Gasteiger partial charge in [-0.25, -0.2) is 9.78 Å². The number of carbonyl (C=O) groups excluding carboxylic acids is 1. The highest BCUT2D eigenvalue weighted by molar-refractivity contribution is 9.10. The summed E-state index contributed by atoms with van der Waals surface area (Å²) in [7, 11) is 0. The van der Waals surface area contributed by atoms with Crippen molar-refractivity contribution in [2.75, 3.05) is 0 Å². The van der Waals surface area contributed by atoms with Crippen LogP contribution in [0.5, 0.6) is 0 Å². The standard InChI is InChI=1S/C10H11BrN2O3/c1-2-6(10(15)16)13-9(14)7-4-3-5-8(11)12-7/h3-6H,2H2,1H3,(H,13,14)(H,15,16).